The summed E-state index contributed by atoms with van der Waals surface area (Å²) in [5, 5.41) is 17.3. The molecule has 0 amide bonds. The summed E-state index contributed by atoms with van der Waals surface area (Å²) in [4.78, 5) is 7.04. The molecule has 2 aromatic rings. The van der Waals surface area contributed by atoms with Crippen LogP contribution in [0.5, 0.6) is 5.75 Å². The molecule has 8 heteroatoms. The maximum Gasteiger partial charge on any atom is 0.203 e. The number of likely N-dealkylation sites (tertiary alicyclic amines) is 1. The van der Waals surface area contributed by atoms with Gasteiger partial charge in [-0.2, -0.15) is 0 Å². The van der Waals surface area contributed by atoms with Gasteiger partial charge in [0.2, 0.25) is 5.96 Å². The van der Waals surface area contributed by atoms with Crippen molar-refractivity contribution >= 4 is 5.96 Å². The Morgan fingerprint density at radius 3 is 2.50 bits per heavy atom. The van der Waals surface area contributed by atoms with Gasteiger partial charge < -0.3 is 20.3 Å². The Labute approximate surface area is 201 Å². The van der Waals surface area contributed by atoms with Crippen molar-refractivity contribution in [2.75, 3.05) is 46.8 Å². The minimum atomic E-state index is -0.0658. The molecule has 182 valence electrons. The van der Waals surface area contributed by atoms with E-state index in [4.69, 9.17) is 21.3 Å². The van der Waals surface area contributed by atoms with Crippen LogP contribution in [0, 0.1) is 10.8 Å². The van der Waals surface area contributed by atoms with Crippen LogP contribution in [0.1, 0.15) is 49.0 Å². The van der Waals surface area contributed by atoms with Gasteiger partial charge in [0, 0.05) is 44.3 Å². The third-order valence-corrected chi connectivity index (χ3v) is 8.09. The number of hydrogen-bond donors (Lipinski definition) is 3. The van der Waals surface area contributed by atoms with Gasteiger partial charge in [0.1, 0.15) is 17.3 Å². The quantitative estimate of drug-likeness (QED) is 0.469. The molecule has 0 bridgehead atoms. The summed E-state index contributed by atoms with van der Waals surface area (Å²) >= 11 is 0. The Balaban J connectivity index is 1.31. The largest absolute Gasteiger partial charge is 0.484 e. The van der Waals surface area contributed by atoms with E-state index in [0.29, 0.717) is 17.2 Å². The molecule has 8 nitrogen and oxygen atoms in total. The molecule has 3 aliphatic rings. The van der Waals surface area contributed by atoms with E-state index in [9.17, 15) is 0 Å². The lowest BCUT2D eigenvalue weighted by molar-refractivity contribution is -0.00873. The fourth-order valence-electron chi connectivity index (χ4n) is 5.88. The number of fused-ring (bicyclic) bond motifs is 1. The van der Waals surface area contributed by atoms with E-state index >= 15 is 0 Å². The SMILES string of the molecule is CN1CCN(C)C2(CCN(C(=N)n3cc(OC4CCC(N)c5ccccc54)ccc3=N)CC2)C1. The summed E-state index contributed by atoms with van der Waals surface area (Å²) in [6.45, 7) is 4.93. The van der Waals surface area contributed by atoms with E-state index in [2.05, 4.69) is 40.9 Å². The zero-order valence-electron chi connectivity index (χ0n) is 20.3. The van der Waals surface area contributed by atoms with Crippen molar-refractivity contribution in [1.29, 1.82) is 10.8 Å². The number of benzene rings is 1. The van der Waals surface area contributed by atoms with Gasteiger partial charge in [0.25, 0.3) is 0 Å². The predicted octanol–water partition coefficient (Wildman–Crippen LogP) is 2.38. The first-order valence-electron chi connectivity index (χ1n) is 12.4. The van der Waals surface area contributed by atoms with Gasteiger partial charge in [0.05, 0.1) is 6.20 Å². The number of pyridine rings is 1. The van der Waals surface area contributed by atoms with Crippen LogP contribution in [0.25, 0.3) is 0 Å². The Kier molecular flexibility index (Phi) is 6.22. The number of ether oxygens (including phenoxy) is 1. The molecule has 0 saturated carbocycles. The molecule has 34 heavy (non-hydrogen) atoms. The third-order valence-electron chi connectivity index (χ3n) is 8.09. The Morgan fingerprint density at radius 1 is 1.00 bits per heavy atom. The van der Waals surface area contributed by atoms with Crippen LogP contribution in [-0.4, -0.2) is 77.6 Å². The van der Waals surface area contributed by atoms with Crippen LogP contribution in [0.15, 0.2) is 42.6 Å². The second-order valence-corrected chi connectivity index (χ2v) is 10.2. The summed E-state index contributed by atoms with van der Waals surface area (Å²) in [6.07, 6.45) is 5.52. The number of nitrogens with zero attached hydrogens (tertiary/aromatic N) is 4. The van der Waals surface area contributed by atoms with E-state index in [1.807, 2.05) is 18.2 Å². The second kappa shape index (κ2) is 9.17. The zero-order valence-corrected chi connectivity index (χ0v) is 20.3. The molecule has 0 radical (unpaired) electrons. The number of hydrogen-bond acceptors (Lipinski definition) is 6. The molecule has 4 N–H and O–H groups in total. The number of piperazine rings is 1. The predicted molar refractivity (Wildman–Crippen MR) is 133 cm³/mol. The highest BCUT2D eigenvalue weighted by Crippen LogP contribution is 2.37. The first-order chi connectivity index (χ1) is 16.4. The van der Waals surface area contributed by atoms with Gasteiger partial charge in [-0.1, -0.05) is 24.3 Å². The van der Waals surface area contributed by atoms with E-state index < -0.39 is 0 Å². The molecular formula is C26H37N7O. The van der Waals surface area contributed by atoms with E-state index in [1.165, 1.54) is 0 Å². The average molecular weight is 464 g/mol. The molecule has 1 spiro atoms. The van der Waals surface area contributed by atoms with Crippen molar-refractivity contribution in [2.45, 2.75) is 43.4 Å². The van der Waals surface area contributed by atoms with Crippen molar-refractivity contribution in [2.24, 2.45) is 5.73 Å². The highest BCUT2D eigenvalue weighted by molar-refractivity contribution is 5.79. The Morgan fingerprint density at radius 2 is 1.74 bits per heavy atom. The van der Waals surface area contributed by atoms with Crippen LogP contribution in [0.4, 0.5) is 0 Å². The van der Waals surface area contributed by atoms with Gasteiger partial charge in [-0.25, -0.2) is 0 Å². The molecule has 2 fully saturated rings. The lowest BCUT2D eigenvalue weighted by Crippen LogP contribution is -2.64. The van der Waals surface area contributed by atoms with Crippen molar-refractivity contribution < 1.29 is 4.74 Å². The Hall–Kier alpha value is -2.68. The molecule has 5 rings (SSSR count). The lowest BCUT2D eigenvalue weighted by atomic mass is 9.84. The average Bonchev–Trinajstić information content (AvgIpc) is 2.85. The highest BCUT2D eigenvalue weighted by Gasteiger charge is 2.41. The van der Waals surface area contributed by atoms with E-state index in [0.717, 1.165) is 69.5 Å². The summed E-state index contributed by atoms with van der Waals surface area (Å²) in [5.41, 5.74) is 9.08. The van der Waals surface area contributed by atoms with Gasteiger partial charge in [0.15, 0.2) is 0 Å². The molecule has 1 aromatic carbocycles. The van der Waals surface area contributed by atoms with E-state index in [1.54, 1.807) is 16.8 Å². The summed E-state index contributed by atoms with van der Waals surface area (Å²) in [6, 6.07) is 11.8. The molecule has 3 heterocycles. The minimum Gasteiger partial charge on any atom is -0.484 e. The van der Waals surface area contributed by atoms with Crippen LogP contribution in [0.2, 0.25) is 0 Å². The number of piperidine rings is 1. The standard InChI is InChI=1S/C26H37N7O/c1-30-15-16-31(2)26(18-30)11-13-32(14-12-26)25(29)33-17-19(7-10-24(33)28)34-23-9-8-22(27)20-5-3-4-6-21(20)23/h3-7,10,17,22-23,28-29H,8-9,11-16,18,27H2,1-2H3. The number of likely N-dealkylation sites (N-methyl/N-ethyl adjacent to an activating group) is 2. The highest BCUT2D eigenvalue weighted by atomic mass is 16.5. The summed E-state index contributed by atoms with van der Waals surface area (Å²) in [5.74, 6) is 1.03. The van der Waals surface area contributed by atoms with Crippen LogP contribution < -0.4 is 16.0 Å². The number of nitrogens with one attached hydrogen (secondary N) is 2. The van der Waals surface area contributed by atoms with Crippen molar-refractivity contribution in [3.8, 4) is 5.75 Å². The third kappa shape index (κ3) is 4.26. The van der Waals surface area contributed by atoms with Crippen molar-refractivity contribution in [3.05, 3.63) is 59.2 Å². The van der Waals surface area contributed by atoms with Crippen LogP contribution in [0.3, 0.4) is 0 Å². The molecule has 2 aliphatic heterocycles. The fourth-order valence-corrected chi connectivity index (χ4v) is 5.88. The van der Waals surface area contributed by atoms with Crippen molar-refractivity contribution in [1.82, 2.24) is 19.3 Å². The molecule has 2 atom stereocenters. The number of rotatable bonds is 2. The monoisotopic (exact) mass is 463 g/mol. The van der Waals surface area contributed by atoms with Gasteiger partial charge in [-0.05, 0) is 63.0 Å². The smallest absolute Gasteiger partial charge is 0.203 e. The molecule has 1 aromatic heterocycles. The van der Waals surface area contributed by atoms with E-state index in [-0.39, 0.29) is 17.7 Å². The molecule has 2 saturated heterocycles. The lowest BCUT2D eigenvalue weighted by Gasteiger charge is -2.52. The first kappa shape index (κ1) is 23.1. The maximum absolute atomic E-state index is 8.89. The van der Waals surface area contributed by atoms with Crippen LogP contribution in [-0.2, 0) is 0 Å². The molecular weight excluding hydrogens is 426 g/mol. The normalized spacial score (nSPS) is 25.2. The fraction of sp³-hybridized carbons (Fsp3) is 0.538. The topological polar surface area (TPSA) is 97.6 Å². The summed E-state index contributed by atoms with van der Waals surface area (Å²) < 4.78 is 8.04. The first-order valence-corrected chi connectivity index (χ1v) is 12.4. The molecule has 2 unspecified atom stereocenters. The maximum atomic E-state index is 8.89. The number of nitrogens with two attached hydrogens (primary N) is 1. The van der Waals surface area contributed by atoms with Gasteiger partial charge >= 0.3 is 0 Å². The van der Waals surface area contributed by atoms with Gasteiger partial charge in [-0.15, -0.1) is 0 Å². The molecule has 1 aliphatic carbocycles. The van der Waals surface area contributed by atoms with Crippen molar-refractivity contribution in [3.63, 3.8) is 0 Å². The van der Waals surface area contributed by atoms with Crippen LogP contribution >= 0.6 is 0 Å². The second-order valence-electron chi connectivity index (χ2n) is 10.2. The number of aromatic nitrogens is 1. The minimum absolute atomic E-state index is 0.0511. The van der Waals surface area contributed by atoms with Gasteiger partial charge in [-0.3, -0.25) is 20.3 Å². The summed E-state index contributed by atoms with van der Waals surface area (Å²) in [7, 11) is 4.44. The Bertz CT molecular complexity index is 1100. The zero-order chi connectivity index (χ0) is 23.9.